The van der Waals surface area contributed by atoms with Crippen LogP contribution in [-0.4, -0.2) is 22.6 Å². The molecule has 25 heavy (non-hydrogen) atoms. The van der Waals surface area contributed by atoms with Gasteiger partial charge in [-0.15, -0.1) is 0 Å². The lowest BCUT2D eigenvalue weighted by molar-refractivity contribution is 0.265. The van der Waals surface area contributed by atoms with Gasteiger partial charge in [-0.2, -0.15) is 0 Å². The topological polar surface area (TPSA) is 34.2 Å². The van der Waals surface area contributed by atoms with Crippen LogP contribution in [0.5, 0.6) is 0 Å². The third-order valence-electron chi connectivity index (χ3n) is 4.92. The monoisotopic (exact) mass is 355 g/mol. The Hall–Kier alpha value is -1.97. The Bertz CT molecular complexity index is 829. The molecule has 4 heteroatoms. The second-order valence-electron chi connectivity index (χ2n) is 6.47. The van der Waals surface area contributed by atoms with Gasteiger partial charge in [-0.3, -0.25) is 4.90 Å². The fraction of sp³-hybridized carbons (Fsp3) is 0.333. The molecule has 0 radical (unpaired) electrons. The normalized spacial score (nSPS) is 15.8. The van der Waals surface area contributed by atoms with E-state index in [2.05, 4.69) is 35.1 Å². The molecule has 1 aliphatic heterocycles. The summed E-state index contributed by atoms with van der Waals surface area (Å²) >= 11 is 6.27. The lowest BCUT2D eigenvalue weighted by atomic mass is 10.0. The van der Waals surface area contributed by atoms with Crippen LogP contribution in [0.3, 0.4) is 0 Å². The van der Waals surface area contributed by atoms with E-state index in [0.717, 1.165) is 49.7 Å². The zero-order chi connectivity index (χ0) is 17.8. The van der Waals surface area contributed by atoms with Crippen molar-refractivity contribution in [3.63, 3.8) is 0 Å². The Morgan fingerprint density at radius 2 is 2.20 bits per heavy atom. The van der Waals surface area contributed by atoms with Gasteiger partial charge < -0.3 is 10.3 Å². The minimum Gasteiger partial charge on any atom is -0.402 e. The van der Waals surface area contributed by atoms with Crippen molar-refractivity contribution in [2.24, 2.45) is 5.73 Å². The summed E-state index contributed by atoms with van der Waals surface area (Å²) in [5.41, 5.74) is 11.2. The molecule has 1 aromatic heterocycles. The highest BCUT2D eigenvalue weighted by molar-refractivity contribution is 6.31. The number of benzene rings is 1. The highest BCUT2D eigenvalue weighted by atomic mass is 35.5. The third-order valence-corrected chi connectivity index (χ3v) is 5.16. The lowest BCUT2D eigenvalue weighted by Crippen LogP contribution is -2.30. The molecule has 0 bridgehead atoms. The lowest BCUT2D eigenvalue weighted by Gasteiger charge is -2.27. The molecule has 0 aliphatic carbocycles. The fourth-order valence-corrected chi connectivity index (χ4v) is 3.76. The van der Waals surface area contributed by atoms with Crippen molar-refractivity contribution in [1.29, 1.82) is 0 Å². The number of hydrogen-bond acceptors (Lipinski definition) is 2. The van der Waals surface area contributed by atoms with Gasteiger partial charge in [0.25, 0.3) is 0 Å². The van der Waals surface area contributed by atoms with E-state index in [0.29, 0.717) is 0 Å². The molecule has 0 amide bonds. The first-order valence-corrected chi connectivity index (χ1v) is 9.27. The van der Waals surface area contributed by atoms with Crippen LogP contribution in [0.4, 0.5) is 0 Å². The molecular weight excluding hydrogens is 330 g/mol. The van der Waals surface area contributed by atoms with E-state index in [1.165, 1.54) is 22.2 Å². The van der Waals surface area contributed by atoms with Gasteiger partial charge in [-0.25, -0.2) is 0 Å². The van der Waals surface area contributed by atoms with Crippen molar-refractivity contribution in [1.82, 2.24) is 9.47 Å². The number of halogens is 1. The van der Waals surface area contributed by atoms with Gasteiger partial charge in [0.15, 0.2) is 0 Å². The molecule has 132 valence electrons. The zero-order valence-electron chi connectivity index (χ0n) is 14.8. The van der Waals surface area contributed by atoms with Crippen LogP contribution in [0.15, 0.2) is 54.8 Å². The van der Waals surface area contributed by atoms with Gasteiger partial charge in [0, 0.05) is 59.8 Å². The molecule has 0 atom stereocenters. The molecule has 0 saturated carbocycles. The molecule has 0 spiro atoms. The van der Waals surface area contributed by atoms with Crippen LogP contribution in [0.25, 0.3) is 10.9 Å². The van der Waals surface area contributed by atoms with E-state index in [-0.39, 0.29) is 0 Å². The van der Waals surface area contributed by atoms with E-state index in [9.17, 15) is 0 Å². The number of fused-ring (bicyclic) bond motifs is 3. The number of nitrogens with two attached hydrogens (primary N) is 1. The quantitative estimate of drug-likeness (QED) is 0.765. The summed E-state index contributed by atoms with van der Waals surface area (Å²) in [4.78, 5) is 2.49. The van der Waals surface area contributed by atoms with Crippen LogP contribution in [-0.2, 0) is 19.5 Å². The summed E-state index contributed by atoms with van der Waals surface area (Å²) in [6, 6.07) is 6.23. The van der Waals surface area contributed by atoms with Crippen molar-refractivity contribution in [3.8, 4) is 0 Å². The number of allylic oxidation sites excluding steroid dienone is 5. The van der Waals surface area contributed by atoms with E-state index >= 15 is 0 Å². The largest absolute Gasteiger partial charge is 0.402 e. The maximum atomic E-state index is 6.27. The standard InChI is InChI=1S/C21H26ClN3/c1-3-5-6-7-17(23)10-13-25-20-9-8-16(22)14-18(20)19-15-24(4-2)12-11-21(19)25/h3,5-9,14H,1,4,10-13,15,23H2,2H3/b6-5-,17-7-. The average Bonchev–Trinajstić information content (AvgIpc) is 2.92. The molecule has 0 unspecified atom stereocenters. The number of aromatic nitrogens is 1. The molecule has 2 heterocycles. The zero-order valence-corrected chi connectivity index (χ0v) is 15.6. The van der Waals surface area contributed by atoms with Crippen molar-refractivity contribution >= 4 is 22.5 Å². The van der Waals surface area contributed by atoms with Crippen LogP contribution in [0.1, 0.15) is 24.6 Å². The number of aryl methyl sites for hydroxylation is 1. The molecule has 3 nitrogen and oxygen atoms in total. The summed E-state index contributed by atoms with van der Waals surface area (Å²) < 4.78 is 2.44. The average molecular weight is 356 g/mol. The van der Waals surface area contributed by atoms with Crippen LogP contribution in [0, 0.1) is 0 Å². The Kier molecular flexibility index (Phi) is 5.67. The highest BCUT2D eigenvalue weighted by Gasteiger charge is 2.23. The SMILES string of the molecule is C=C/C=C\C=C(/N)CCn1c2c(c3cc(Cl)ccc31)CN(CC)CC2. The molecule has 3 rings (SSSR count). The Balaban J connectivity index is 1.94. The Morgan fingerprint density at radius 1 is 1.36 bits per heavy atom. The summed E-state index contributed by atoms with van der Waals surface area (Å²) in [6.45, 7) is 9.98. The third kappa shape index (κ3) is 3.83. The fourth-order valence-electron chi connectivity index (χ4n) is 3.59. The predicted molar refractivity (Wildman–Crippen MR) is 108 cm³/mol. The van der Waals surface area contributed by atoms with E-state index in [4.69, 9.17) is 17.3 Å². The number of rotatable bonds is 6. The van der Waals surface area contributed by atoms with Crippen molar-refractivity contribution in [3.05, 3.63) is 71.1 Å². The molecule has 2 N–H and O–H groups in total. The molecule has 0 fully saturated rings. The van der Waals surface area contributed by atoms with Gasteiger partial charge in [0.1, 0.15) is 0 Å². The van der Waals surface area contributed by atoms with Crippen LogP contribution in [0.2, 0.25) is 5.02 Å². The smallest absolute Gasteiger partial charge is 0.0487 e. The van der Waals surface area contributed by atoms with E-state index < -0.39 is 0 Å². The van der Waals surface area contributed by atoms with Crippen molar-refractivity contribution < 1.29 is 0 Å². The number of hydrogen-bond donors (Lipinski definition) is 1. The summed E-state index contributed by atoms with van der Waals surface area (Å²) in [5.74, 6) is 0. The molecular formula is C21H26ClN3. The molecule has 0 saturated heterocycles. The van der Waals surface area contributed by atoms with Gasteiger partial charge >= 0.3 is 0 Å². The first-order valence-electron chi connectivity index (χ1n) is 8.89. The van der Waals surface area contributed by atoms with Gasteiger partial charge in [0.2, 0.25) is 0 Å². The minimum absolute atomic E-state index is 0.801. The second kappa shape index (κ2) is 7.94. The predicted octanol–water partition coefficient (Wildman–Crippen LogP) is 4.65. The molecule has 1 aliphatic rings. The first-order chi connectivity index (χ1) is 12.1. The first kappa shape index (κ1) is 17.8. The van der Waals surface area contributed by atoms with Crippen molar-refractivity contribution in [2.75, 3.05) is 13.1 Å². The Labute approximate surface area is 155 Å². The van der Waals surface area contributed by atoms with Gasteiger partial charge in [-0.1, -0.05) is 43.3 Å². The Morgan fingerprint density at radius 3 is 2.96 bits per heavy atom. The summed E-state index contributed by atoms with van der Waals surface area (Å²) in [7, 11) is 0. The summed E-state index contributed by atoms with van der Waals surface area (Å²) in [6.07, 6.45) is 9.44. The number of likely N-dealkylation sites (N-methyl/N-ethyl adjacent to an activating group) is 1. The van der Waals surface area contributed by atoms with E-state index in [1.807, 2.05) is 24.3 Å². The second-order valence-corrected chi connectivity index (χ2v) is 6.91. The molecule has 2 aromatic rings. The maximum Gasteiger partial charge on any atom is 0.0487 e. The van der Waals surface area contributed by atoms with Crippen molar-refractivity contribution in [2.45, 2.75) is 32.9 Å². The van der Waals surface area contributed by atoms with Crippen LogP contribution >= 0.6 is 11.6 Å². The van der Waals surface area contributed by atoms with Gasteiger partial charge in [-0.05, 0) is 36.4 Å². The maximum absolute atomic E-state index is 6.27. The molecule has 1 aromatic carbocycles. The van der Waals surface area contributed by atoms with Gasteiger partial charge in [0.05, 0.1) is 0 Å². The highest BCUT2D eigenvalue weighted by Crippen LogP contribution is 2.33. The van der Waals surface area contributed by atoms with Crippen LogP contribution < -0.4 is 5.73 Å². The number of nitrogens with zero attached hydrogens (tertiary/aromatic N) is 2. The van der Waals surface area contributed by atoms with E-state index in [1.54, 1.807) is 6.08 Å². The summed E-state index contributed by atoms with van der Waals surface area (Å²) in [5, 5.41) is 2.09. The minimum atomic E-state index is 0.801.